The van der Waals surface area contributed by atoms with Crippen LogP contribution >= 0.6 is 0 Å². The lowest BCUT2D eigenvalue weighted by Gasteiger charge is -2.19. The minimum Gasteiger partial charge on any atom is -0.492 e. The van der Waals surface area contributed by atoms with E-state index in [4.69, 9.17) is 4.74 Å². The normalized spacial score (nSPS) is 11.8. The first-order valence-electron chi connectivity index (χ1n) is 9.23. The second-order valence-electron chi connectivity index (χ2n) is 7.43. The number of sulfonamides is 1. The maximum Gasteiger partial charge on any atom is 0.240 e. The summed E-state index contributed by atoms with van der Waals surface area (Å²) in [4.78, 5) is 12.0. The molecule has 0 radical (unpaired) electrons. The van der Waals surface area contributed by atoms with Crippen LogP contribution in [0.15, 0.2) is 59.5 Å². The number of para-hydroxylation sites is 1. The van der Waals surface area contributed by atoms with Crippen LogP contribution in [0.1, 0.15) is 32.8 Å². The van der Waals surface area contributed by atoms with Crippen molar-refractivity contribution in [2.75, 3.05) is 19.7 Å². The van der Waals surface area contributed by atoms with Gasteiger partial charge in [-0.15, -0.1) is 0 Å². The van der Waals surface area contributed by atoms with Gasteiger partial charge in [-0.2, -0.15) is 0 Å². The Morgan fingerprint density at radius 2 is 1.61 bits per heavy atom. The van der Waals surface area contributed by atoms with Crippen LogP contribution in [0.4, 0.5) is 0 Å². The Bertz CT molecular complexity index is 858. The number of nitrogens with one attached hydrogen (secondary N) is 2. The molecule has 28 heavy (non-hydrogen) atoms. The summed E-state index contributed by atoms with van der Waals surface area (Å²) in [6.45, 7) is 6.94. The summed E-state index contributed by atoms with van der Waals surface area (Å²) in [5.41, 5.74) is 1.02. The van der Waals surface area contributed by atoms with Crippen LogP contribution in [0.2, 0.25) is 0 Å². The van der Waals surface area contributed by atoms with Crippen molar-refractivity contribution in [1.82, 2.24) is 10.0 Å². The van der Waals surface area contributed by atoms with Crippen molar-refractivity contribution in [2.24, 2.45) is 0 Å². The molecule has 0 heterocycles. The van der Waals surface area contributed by atoms with Gasteiger partial charge in [0, 0.05) is 13.0 Å². The van der Waals surface area contributed by atoms with Crippen molar-refractivity contribution < 1.29 is 17.9 Å². The third-order valence-electron chi connectivity index (χ3n) is 4.11. The lowest BCUT2D eigenvalue weighted by Crippen LogP contribution is -2.32. The van der Waals surface area contributed by atoms with E-state index in [1.165, 1.54) is 0 Å². The van der Waals surface area contributed by atoms with Gasteiger partial charge in [0.25, 0.3) is 0 Å². The van der Waals surface area contributed by atoms with Crippen molar-refractivity contribution in [1.29, 1.82) is 0 Å². The minimum absolute atomic E-state index is 0.0364. The van der Waals surface area contributed by atoms with E-state index in [0.717, 1.165) is 11.3 Å². The Labute approximate surface area is 167 Å². The average Bonchev–Trinajstić information content (AvgIpc) is 2.65. The van der Waals surface area contributed by atoms with Gasteiger partial charge in [-0.3, -0.25) is 4.79 Å². The molecule has 2 aromatic rings. The van der Waals surface area contributed by atoms with Crippen molar-refractivity contribution >= 4 is 15.9 Å². The maximum atomic E-state index is 12.3. The highest BCUT2D eigenvalue weighted by atomic mass is 32.2. The fourth-order valence-corrected chi connectivity index (χ4v) is 3.51. The molecule has 0 aromatic heterocycles. The standard InChI is InChI=1S/C21H28N2O4S/c1-21(2,3)17-9-11-19(12-10-17)28(25,26)23-14-13-20(24)22-15-16-27-18-7-5-4-6-8-18/h4-12,23H,13-16H2,1-3H3,(H,22,24). The Balaban J connectivity index is 1.71. The van der Waals surface area contributed by atoms with Crippen LogP contribution in [0.5, 0.6) is 5.75 Å². The molecule has 0 atom stereocenters. The van der Waals surface area contributed by atoms with Crippen molar-refractivity contribution in [3.63, 3.8) is 0 Å². The number of hydrogen-bond donors (Lipinski definition) is 2. The molecule has 0 aliphatic heterocycles. The maximum absolute atomic E-state index is 12.3. The molecule has 0 spiro atoms. The quantitative estimate of drug-likeness (QED) is 0.630. The summed E-state index contributed by atoms with van der Waals surface area (Å²) in [6.07, 6.45) is 0.0602. The van der Waals surface area contributed by atoms with Crippen LogP contribution in [0.25, 0.3) is 0 Å². The summed E-state index contributed by atoms with van der Waals surface area (Å²) >= 11 is 0. The first kappa shape index (κ1) is 21.9. The van der Waals surface area contributed by atoms with E-state index in [-0.39, 0.29) is 29.2 Å². The highest BCUT2D eigenvalue weighted by Crippen LogP contribution is 2.23. The van der Waals surface area contributed by atoms with E-state index in [0.29, 0.717) is 13.2 Å². The number of amides is 1. The van der Waals surface area contributed by atoms with E-state index in [1.807, 2.05) is 42.5 Å². The van der Waals surface area contributed by atoms with Gasteiger partial charge >= 0.3 is 0 Å². The summed E-state index contributed by atoms with van der Waals surface area (Å²) in [5, 5.41) is 2.70. The molecule has 0 fully saturated rings. The Morgan fingerprint density at radius 1 is 0.964 bits per heavy atom. The first-order chi connectivity index (χ1) is 13.2. The summed E-state index contributed by atoms with van der Waals surface area (Å²) in [5.74, 6) is 0.504. The Kier molecular flexibility index (Phi) is 7.60. The third-order valence-corrected chi connectivity index (χ3v) is 5.59. The zero-order valence-corrected chi connectivity index (χ0v) is 17.4. The third kappa shape index (κ3) is 6.98. The fraction of sp³-hybridized carbons (Fsp3) is 0.381. The molecule has 2 rings (SSSR count). The Morgan fingerprint density at radius 3 is 2.21 bits per heavy atom. The van der Waals surface area contributed by atoms with Crippen LogP contribution in [0.3, 0.4) is 0 Å². The smallest absolute Gasteiger partial charge is 0.240 e. The van der Waals surface area contributed by atoms with Crippen LogP contribution in [-0.2, 0) is 20.2 Å². The SMILES string of the molecule is CC(C)(C)c1ccc(S(=O)(=O)NCCC(=O)NCCOc2ccccc2)cc1. The van der Waals surface area contributed by atoms with Gasteiger partial charge in [-0.25, -0.2) is 13.1 Å². The topological polar surface area (TPSA) is 84.5 Å². The van der Waals surface area contributed by atoms with Gasteiger partial charge in [0.1, 0.15) is 12.4 Å². The van der Waals surface area contributed by atoms with Gasteiger partial charge < -0.3 is 10.1 Å². The molecule has 0 aliphatic rings. The fourth-order valence-electron chi connectivity index (χ4n) is 2.48. The summed E-state index contributed by atoms with van der Waals surface area (Å²) < 4.78 is 32.6. The summed E-state index contributed by atoms with van der Waals surface area (Å²) in [6, 6.07) is 16.1. The van der Waals surface area contributed by atoms with Crippen LogP contribution < -0.4 is 14.8 Å². The predicted octanol–water partition coefficient (Wildman–Crippen LogP) is 2.85. The van der Waals surface area contributed by atoms with Gasteiger partial charge in [-0.05, 0) is 35.2 Å². The van der Waals surface area contributed by atoms with E-state index in [1.54, 1.807) is 12.1 Å². The second kappa shape index (κ2) is 9.71. The number of rotatable bonds is 9. The largest absolute Gasteiger partial charge is 0.492 e. The lowest BCUT2D eigenvalue weighted by molar-refractivity contribution is -0.121. The molecule has 0 saturated carbocycles. The van der Waals surface area contributed by atoms with E-state index < -0.39 is 10.0 Å². The number of carbonyl (C=O) groups excluding carboxylic acids is 1. The highest BCUT2D eigenvalue weighted by molar-refractivity contribution is 7.89. The first-order valence-corrected chi connectivity index (χ1v) is 10.7. The lowest BCUT2D eigenvalue weighted by atomic mass is 9.87. The molecule has 6 nitrogen and oxygen atoms in total. The van der Waals surface area contributed by atoms with Gasteiger partial charge in [0.2, 0.25) is 15.9 Å². The van der Waals surface area contributed by atoms with E-state index in [2.05, 4.69) is 30.8 Å². The number of benzene rings is 2. The van der Waals surface area contributed by atoms with Crippen molar-refractivity contribution in [2.45, 2.75) is 37.5 Å². The molecule has 2 N–H and O–H groups in total. The molecule has 0 aliphatic carbocycles. The molecule has 7 heteroatoms. The zero-order valence-electron chi connectivity index (χ0n) is 16.6. The van der Waals surface area contributed by atoms with Crippen molar-refractivity contribution in [3.05, 3.63) is 60.2 Å². The molecule has 0 saturated heterocycles. The van der Waals surface area contributed by atoms with Crippen molar-refractivity contribution in [3.8, 4) is 5.75 Å². The Hall–Kier alpha value is -2.38. The highest BCUT2D eigenvalue weighted by Gasteiger charge is 2.17. The summed E-state index contributed by atoms with van der Waals surface area (Å²) in [7, 11) is -3.63. The number of ether oxygens (including phenoxy) is 1. The molecule has 152 valence electrons. The molecule has 1 amide bonds. The number of carbonyl (C=O) groups is 1. The zero-order chi connectivity index (χ0) is 20.6. The van der Waals surface area contributed by atoms with E-state index in [9.17, 15) is 13.2 Å². The van der Waals surface area contributed by atoms with Gasteiger partial charge in [0.15, 0.2) is 0 Å². The number of hydrogen-bond acceptors (Lipinski definition) is 4. The monoisotopic (exact) mass is 404 g/mol. The molecule has 0 unspecified atom stereocenters. The molecule has 2 aromatic carbocycles. The predicted molar refractivity (Wildman–Crippen MR) is 110 cm³/mol. The van der Waals surface area contributed by atoms with Gasteiger partial charge in [-0.1, -0.05) is 51.1 Å². The molecular weight excluding hydrogens is 376 g/mol. The van der Waals surface area contributed by atoms with Crippen LogP contribution in [-0.4, -0.2) is 34.0 Å². The second-order valence-corrected chi connectivity index (χ2v) is 9.20. The average molecular weight is 405 g/mol. The molecular formula is C21H28N2O4S. The minimum atomic E-state index is -3.63. The van der Waals surface area contributed by atoms with Gasteiger partial charge in [0.05, 0.1) is 11.4 Å². The van der Waals surface area contributed by atoms with Crippen LogP contribution in [0, 0.1) is 0 Å². The molecule has 0 bridgehead atoms. The van der Waals surface area contributed by atoms with E-state index >= 15 is 0 Å².